The molecule has 4 atom stereocenters. The fourth-order valence-corrected chi connectivity index (χ4v) is 4.16. The lowest BCUT2D eigenvalue weighted by molar-refractivity contribution is -0.0341. The molecule has 0 saturated carbocycles. The van der Waals surface area contributed by atoms with Crippen LogP contribution in [0.15, 0.2) is 42.9 Å². The van der Waals surface area contributed by atoms with Gasteiger partial charge in [-0.15, -0.1) is 0 Å². The van der Waals surface area contributed by atoms with Gasteiger partial charge in [-0.25, -0.2) is 14.8 Å². The zero-order valence-corrected chi connectivity index (χ0v) is 20.8. The molecule has 2 amide bonds. The topological polar surface area (TPSA) is 160 Å². The van der Waals surface area contributed by atoms with Crippen molar-refractivity contribution in [3.63, 3.8) is 0 Å². The number of amides is 2. The average Bonchev–Trinajstić information content (AvgIpc) is 3.38. The first-order valence-corrected chi connectivity index (χ1v) is 12.1. The molecule has 1 aromatic carbocycles. The number of urea groups is 1. The highest BCUT2D eigenvalue weighted by molar-refractivity contribution is 5.89. The van der Waals surface area contributed by atoms with E-state index in [1.165, 1.54) is 11.9 Å². The summed E-state index contributed by atoms with van der Waals surface area (Å²) in [4.78, 5) is 20.7. The van der Waals surface area contributed by atoms with E-state index in [2.05, 4.69) is 46.7 Å². The number of hydrogen-bond donors (Lipinski definition) is 6. The Labute approximate surface area is 210 Å². The molecular formula is C25H35N7O4. The third-order valence-electron chi connectivity index (χ3n) is 6.27. The Morgan fingerprint density at radius 3 is 2.58 bits per heavy atom. The normalized spacial score (nSPS) is 22.1. The predicted octanol–water partition coefficient (Wildman–Crippen LogP) is 1.73. The second-order valence-electron chi connectivity index (χ2n) is 10.0. The molecule has 0 radical (unpaired) electrons. The van der Waals surface area contributed by atoms with E-state index in [1.54, 1.807) is 16.8 Å². The molecule has 2 aromatic heterocycles. The molecule has 1 aliphatic rings. The number of carbonyl (C=O) groups excluding carboxylic acids is 1. The molecule has 4 rings (SSSR count). The number of imidazole rings is 1. The van der Waals surface area contributed by atoms with Crippen molar-refractivity contribution in [1.82, 2.24) is 25.2 Å². The predicted molar refractivity (Wildman–Crippen MR) is 138 cm³/mol. The molecule has 3 aromatic rings. The van der Waals surface area contributed by atoms with Crippen LogP contribution in [0.25, 0.3) is 11.2 Å². The van der Waals surface area contributed by atoms with Crippen LogP contribution in [-0.4, -0.2) is 68.7 Å². The maximum absolute atomic E-state index is 12.1. The first-order valence-electron chi connectivity index (χ1n) is 12.1. The number of pyridine rings is 1. The highest BCUT2D eigenvalue weighted by Gasteiger charge is 2.44. The number of aliphatic hydroxyl groups is 2. The van der Waals surface area contributed by atoms with E-state index in [4.69, 9.17) is 10.5 Å². The second-order valence-corrected chi connectivity index (χ2v) is 10.0. The van der Waals surface area contributed by atoms with Crippen LogP contribution in [0.5, 0.6) is 0 Å². The summed E-state index contributed by atoms with van der Waals surface area (Å²) in [5.74, 6) is 0. The van der Waals surface area contributed by atoms with Gasteiger partial charge in [0.2, 0.25) is 0 Å². The SMILES string of the molecule is CC(C)(C)c1ccc(NC(=O)NCCCNC[C@H]2O[C@@H](n3cnc4c(N)ccnc43)[C@H](O)[C@@H]2O)cc1. The van der Waals surface area contributed by atoms with Gasteiger partial charge in [-0.2, -0.15) is 0 Å². The molecule has 0 unspecified atom stereocenters. The summed E-state index contributed by atoms with van der Waals surface area (Å²) < 4.78 is 7.50. The summed E-state index contributed by atoms with van der Waals surface area (Å²) >= 11 is 0. The lowest BCUT2D eigenvalue weighted by Gasteiger charge is -2.19. The van der Waals surface area contributed by atoms with Crippen LogP contribution in [0.1, 0.15) is 39.0 Å². The summed E-state index contributed by atoms with van der Waals surface area (Å²) in [5, 5.41) is 29.9. The number of anilines is 2. The maximum Gasteiger partial charge on any atom is 0.319 e. The van der Waals surface area contributed by atoms with Gasteiger partial charge in [0.25, 0.3) is 0 Å². The van der Waals surface area contributed by atoms with Gasteiger partial charge in [-0.05, 0) is 42.1 Å². The number of nitrogens with two attached hydrogens (primary N) is 1. The number of rotatable bonds is 8. The number of aromatic nitrogens is 3. The minimum Gasteiger partial charge on any atom is -0.397 e. The molecule has 11 heteroatoms. The van der Waals surface area contributed by atoms with Crippen molar-refractivity contribution in [2.75, 3.05) is 30.7 Å². The highest BCUT2D eigenvalue weighted by Crippen LogP contribution is 2.32. The van der Waals surface area contributed by atoms with Crippen LogP contribution in [-0.2, 0) is 10.2 Å². The standard InChI is InChI=1S/C25H35N7O4/c1-25(2,3)15-5-7-16(8-6-15)31-24(35)29-11-4-10-27-13-18-20(33)21(34)23(36-18)32-14-30-19-17(26)9-12-28-22(19)32/h5-9,12,14,18,20-21,23,27,33-34H,4,10-11,13H2,1-3H3,(H2,26,28)(H2,29,31,35)/t18-,20-,21-,23-/m1/s1. The van der Waals surface area contributed by atoms with Crippen molar-refractivity contribution in [2.45, 2.75) is 57.1 Å². The van der Waals surface area contributed by atoms with E-state index >= 15 is 0 Å². The smallest absolute Gasteiger partial charge is 0.319 e. The van der Waals surface area contributed by atoms with E-state index in [0.717, 1.165) is 5.69 Å². The zero-order chi connectivity index (χ0) is 25.9. The van der Waals surface area contributed by atoms with E-state index in [0.29, 0.717) is 42.9 Å². The summed E-state index contributed by atoms with van der Waals surface area (Å²) in [5.41, 5.74) is 9.41. The fraction of sp³-hybridized carbons (Fsp3) is 0.480. The molecule has 7 N–H and O–H groups in total. The maximum atomic E-state index is 12.1. The molecule has 0 bridgehead atoms. The Morgan fingerprint density at radius 1 is 1.11 bits per heavy atom. The number of fused-ring (bicyclic) bond motifs is 1. The molecule has 194 valence electrons. The largest absolute Gasteiger partial charge is 0.397 e. The van der Waals surface area contributed by atoms with Crippen molar-refractivity contribution in [2.24, 2.45) is 0 Å². The zero-order valence-electron chi connectivity index (χ0n) is 20.8. The Hall–Kier alpha value is -3.25. The first kappa shape index (κ1) is 25.8. The molecule has 11 nitrogen and oxygen atoms in total. The van der Waals surface area contributed by atoms with Crippen molar-refractivity contribution >= 4 is 28.6 Å². The number of benzene rings is 1. The lowest BCUT2D eigenvalue weighted by Crippen LogP contribution is -2.38. The van der Waals surface area contributed by atoms with Crippen LogP contribution in [0.2, 0.25) is 0 Å². The Balaban J connectivity index is 1.17. The van der Waals surface area contributed by atoms with E-state index in [-0.39, 0.29) is 11.4 Å². The van der Waals surface area contributed by atoms with Crippen LogP contribution < -0.4 is 21.7 Å². The molecule has 1 saturated heterocycles. The lowest BCUT2D eigenvalue weighted by atomic mass is 9.87. The number of carbonyl (C=O) groups is 1. The minimum absolute atomic E-state index is 0.0615. The van der Waals surface area contributed by atoms with E-state index < -0.39 is 24.5 Å². The van der Waals surface area contributed by atoms with Crippen LogP contribution in [0, 0.1) is 0 Å². The van der Waals surface area contributed by atoms with Gasteiger partial charge in [0.1, 0.15) is 23.8 Å². The Kier molecular flexibility index (Phi) is 7.74. The number of nitrogens with zero attached hydrogens (tertiary/aromatic N) is 3. The van der Waals surface area contributed by atoms with Crippen molar-refractivity contribution in [1.29, 1.82) is 0 Å². The second kappa shape index (κ2) is 10.8. The van der Waals surface area contributed by atoms with Gasteiger partial charge in [0.05, 0.1) is 12.0 Å². The molecule has 0 spiro atoms. The number of hydrogen-bond acceptors (Lipinski definition) is 8. The molecule has 1 fully saturated rings. The van der Waals surface area contributed by atoms with Crippen molar-refractivity contribution in [3.05, 3.63) is 48.4 Å². The van der Waals surface area contributed by atoms with Crippen molar-refractivity contribution < 1.29 is 19.7 Å². The Morgan fingerprint density at radius 2 is 1.86 bits per heavy atom. The summed E-state index contributed by atoms with van der Waals surface area (Å²) in [6.07, 6.45) is 0.0872. The van der Waals surface area contributed by atoms with E-state index in [9.17, 15) is 15.0 Å². The minimum atomic E-state index is -1.14. The molecule has 1 aliphatic heterocycles. The van der Waals surface area contributed by atoms with Crippen LogP contribution in [0.3, 0.4) is 0 Å². The fourth-order valence-electron chi connectivity index (χ4n) is 4.16. The Bertz CT molecular complexity index is 1180. The summed E-state index contributed by atoms with van der Waals surface area (Å²) in [7, 11) is 0. The quantitative estimate of drug-likeness (QED) is 0.257. The first-order chi connectivity index (χ1) is 17.1. The monoisotopic (exact) mass is 497 g/mol. The number of ether oxygens (including phenoxy) is 1. The average molecular weight is 498 g/mol. The van der Waals surface area contributed by atoms with Gasteiger partial charge in [-0.3, -0.25) is 4.57 Å². The third-order valence-corrected chi connectivity index (χ3v) is 6.27. The highest BCUT2D eigenvalue weighted by atomic mass is 16.6. The van der Waals surface area contributed by atoms with E-state index in [1.807, 2.05) is 24.3 Å². The van der Waals surface area contributed by atoms with Gasteiger partial charge in [0, 0.05) is 25.0 Å². The van der Waals surface area contributed by atoms with Gasteiger partial charge in [0.15, 0.2) is 11.9 Å². The van der Waals surface area contributed by atoms with Crippen molar-refractivity contribution in [3.8, 4) is 0 Å². The molecular weight excluding hydrogens is 462 g/mol. The number of nitrogen functional groups attached to an aromatic ring is 1. The molecule has 36 heavy (non-hydrogen) atoms. The van der Waals surface area contributed by atoms with Gasteiger partial charge >= 0.3 is 6.03 Å². The van der Waals surface area contributed by atoms with Gasteiger partial charge in [-0.1, -0.05) is 32.9 Å². The van der Waals surface area contributed by atoms with Crippen LogP contribution in [0.4, 0.5) is 16.2 Å². The van der Waals surface area contributed by atoms with Gasteiger partial charge < -0.3 is 36.6 Å². The third kappa shape index (κ3) is 5.76. The summed E-state index contributed by atoms with van der Waals surface area (Å²) in [6, 6.07) is 9.21. The summed E-state index contributed by atoms with van der Waals surface area (Å²) in [6.45, 7) is 7.85. The molecule has 0 aliphatic carbocycles. The molecule has 3 heterocycles. The number of aliphatic hydroxyl groups excluding tert-OH is 2. The van der Waals surface area contributed by atoms with Crippen LogP contribution >= 0.6 is 0 Å². The number of nitrogens with one attached hydrogen (secondary N) is 3.